The molecular formula is C8H13N3O. The molecule has 0 aliphatic heterocycles. The summed E-state index contributed by atoms with van der Waals surface area (Å²) in [6.07, 6.45) is 1.63. The van der Waals surface area contributed by atoms with Gasteiger partial charge in [-0.25, -0.2) is 4.98 Å². The fourth-order valence-corrected chi connectivity index (χ4v) is 0.868. The molecule has 1 aromatic rings. The van der Waals surface area contributed by atoms with Crippen LogP contribution in [0.5, 0.6) is 0 Å². The van der Waals surface area contributed by atoms with E-state index in [0.29, 0.717) is 5.82 Å². The first-order valence-corrected chi connectivity index (χ1v) is 3.81. The normalized spacial score (nSPS) is 12.5. The Kier molecular flexibility index (Phi) is 2.88. The molecule has 12 heavy (non-hydrogen) atoms. The van der Waals surface area contributed by atoms with E-state index in [2.05, 4.69) is 10.3 Å². The van der Waals surface area contributed by atoms with Crippen LogP contribution in [-0.2, 0) is 0 Å². The number of hydrogen-bond donors (Lipinski definition) is 3. The quantitative estimate of drug-likeness (QED) is 0.611. The Hall–Kier alpha value is -1.29. The third-order valence-corrected chi connectivity index (χ3v) is 1.47. The van der Waals surface area contributed by atoms with E-state index in [4.69, 9.17) is 10.8 Å². The predicted molar refractivity (Wildman–Crippen MR) is 48.8 cm³/mol. The molecule has 0 saturated carbocycles. The topological polar surface area (TPSA) is 71.2 Å². The predicted octanol–water partition coefficient (Wildman–Crippen LogP) is 0.456. The molecule has 1 unspecified atom stereocenters. The standard InChI is InChI=1S/C8H13N3O/c1-6(5-12)11-7-2-3-10-8(9)4-7/h2-4,6,12H,5H2,1H3,(H3,9,10,11). The average Bonchev–Trinajstić information content (AvgIpc) is 2.04. The Morgan fingerprint density at radius 3 is 3.08 bits per heavy atom. The Labute approximate surface area is 71.4 Å². The smallest absolute Gasteiger partial charge is 0.125 e. The fraction of sp³-hybridized carbons (Fsp3) is 0.375. The summed E-state index contributed by atoms with van der Waals surface area (Å²) in [6.45, 7) is 1.98. The number of nitrogen functional groups attached to an aromatic ring is 1. The number of nitrogens with one attached hydrogen (secondary N) is 1. The molecule has 0 bridgehead atoms. The average molecular weight is 167 g/mol. The SMILES string of the molecule is CC(CO)Nc1ccnc(N)c1. The highest BCUT2D eigenvalue weighted by Gasteiger charge is 1.99. The van der Waals surface area contributed by atoms with Crippen molar-refractivity contribution in [2.24, 2.45) is 0 Å². The van der Waals surface area contributed by atoms with Crippen LogP contribution in [0.15, 0.2) is 18.3 Å². The van der Waals surface area contributed by atoms with Gasteiger partial charge in [-0.05, 0) is 13.0 Å². The first-order chi connectivity index (χ1) is 5.72. The molecule has 0 radical (unpaired) electrons. The molecule has 4 nitrogen and oxygen atoms in total. The van der Waals surface area contributed by atoms with Gasteiger partial charge in [0, 0.05) is 24.0 Å². The molecule has 66 valence electrons. The zero-order chi connectivity index (χ0) is 8.97. The van der Waals surface area contributed by atoms with E-state index in [0.717, 1.165) is 5.69 Å². The van der Waals surface area contributed by atoms with Crippen molar-refractivity contribution in [1.29, 1.82) is 0 Å². The van der Waals surface area contributed by atoms with Gasteiger partial charge in [0.25, 0.3) is 0 Å². The summed E-state index contributed by atoms with van der Waals surface area (Å²) >= 11 is 0. The van der Waals surface area contributed by atoms with E-state index in [-0.39, 0.29) is 12.6 Å². The third kappa shape index (κ3) is 2.39. The van der Waals surface area contributed by atoms with E-state index < -0.39 is 0 Å². The van der Waals surface area contributed by atoms with Crippen LogP contribution in [-0.4, -0.2) is 22.7 Å². The summed E-state index contributed by atoms with van der Waals surface area (Å²) in [5.74, 6) is 0.477. The van der Waals surface area contributed by atoms with Crippen molar-refractivity contribution in [1.82, 2.24) is 4.98 Å². The molecule has 0 aliphatic carbocycles. The lowest BCUT2D eigenvalue weighted by atomic mass is 10.3. The van der Waals surface area contributed by atoms with Crippen molar-refractivity contribution < 1.29 is 5.11 Å². The van der Waals surface area contributed by atoms with Crippen molar-refractivity contribution in [3.8, 4) is 0 Å². The Bertz CT molecular complexity index is 252. The van der Waals surface area contributed by atoms with Crippen LogP contribution >= 0.6 is 0 Å². The third-order valence-electron chi connectivity index (χ3n) is 1.47. The zero-order valence-corrected chi connectivity index (χ0v) is 6.99. The Morgan fingerprint density at radius 2 is 2.50 bits per heavy atom. The van der Waals surface area contributed by atoms with Crippen molar-refractivity contribution in [2.45, 2.75) is 13.0 Å². The summed E-state index contributed by atoms with van der Waals surface area (Å²) in [6, 6.07) is 3.57. The number of nitrogens with zero attached hydrogens (tertiary/aromatic N) is 1. The van der Waals surface area contributed by atoms with Gasteiger partial charge in [-0.1, -0.05) is 0 Å². The lowest BCUT2D eigenvalue weighted by Gasteiger charge is -2.11. The van der Waals surface area contributed by atoms with Gasteiger partial charge in [0.1, 0.15) is 5.82 Å². The van der Waals surface area contributed by atoms with Crippen molar-refractivity contribution in [2.75, 3.05) is 17.7 Å². The van der Waals surface area contributed by atoms with E-state index in [9.17, 15) is 0 Å². The van der Waals surface area contributed by atoms with Crippen LogP contribution in [0, 0.1) is 0 Å². The van der Waals surface area contributed by atoms with Crippen molar-refractivity contribution >= 4 is 11.5 Å². The second-order valence-corrected chi connectivity index (χ2v) is 2.70. The van der Waals surface area contributed by atoms with Crippen LogP contribution in [0.2, 0.25) is 0 Å². The minimum Gasteiger partial charge on any atom is -0.394 e. The summed E-state index contributed by atoms with van der Waals surface area (Å²) in [5.41, 5.74) is 6.34. The van der Waals surface area contributed by atoms with E-state index >= 15 is 0 Å². The van der Waals surface area contributed by atoms with Crippen LogP contribution in [0.4, 0.5) is 11.5 Å². The molecular weight excluding hydrogens is 154 g/mol. The lowest BCUT2D eigenvalue weighted by molar-refractivity contribution is 0.281. The minimum atomic E-state index is 0.0341. The molecule has 1 rings (SSSR count). The maximum Gasteiger partial charge on any atom is 0.125 e. The molecule has 1 atom stereocenters. The zero-order valence-electron chi connectivity index (χ0n) is 6.99. The molecule has 0 spiro atoms. The number of aliphatic hydroxyl groups is 1. The Balaban J connectivity index is 2.63. The minimum absolute atomic E-state index is 0.0341. The summed E-state index contributed by atoms with van der Waals surface area (Å²) in [5, 5.41) is 11.8. The Morgan fingerprint density at radius 1 is 1.75 bits per heavy atom. The van der Waals surface area contributed by atoms with Gasteiger partial charge < -0.3 is 16.2 Å². The number of nitrogens with two attached hydrogens (primary N) is 1. The van der Waals surface area contributed by atoms with Crippen molar-refractivity contribution in [3.05, 3.63) is 18.3 Å². The first-order valence-electron chi connectivity index (χ1n) is 3.81. The molecule has 0 aliphatic rings. The maximum atomic E-state index is 8.76. The maximum absolute atomic E-state index is 8.76. The number of aromatic nitrogens is 1. The van der Waals surface area contributed by atoms with Gasteiger partial charge in [-0.15, -0.1) is 0 Å². The molecule has 1 heterocycles. The number of anilines is 2. The van der Waals surface area contributed by atoms with Gasteiger partial charge in [-0.3, -0.25) is 0 Å². The highest BCUT2D eigenvalue weighted by molar-refractivity contribution is 5.50. The first kappa shape index (κ1) is 8.80. The number of pyridine rings is 1. The van der Waals surface area contributed by atoms with Gasteiger partial charge >= 0.3 is 0 Å². The number of aliphatic hydroxyl groups excluding tert-OH is 1. The van der Waals surface area contributed by atoms with Crippen LogP contribution in [0.1, 0.15) is 6.92 Å². The summed E-state index contributed by atoms with van der Waals surface area (Å²) < 4.78 is 0. The van der Waals surface area contributed by atoms with Crippen LogP contribution in [0.25, 0.3) is 0 Å². The summed E-state index contributed by atoms with van der Waals surface area (Å²) in [4.78, 5) is 3.85. The van der Waals surface area contributed by atoms with Gasteiger partial charge in [-0.2, -0.15) is 0 Å². The van der Waals surface area contributed by atoms with Crippen LogP contribution < -0.4 is 11.1 Å². The molecule has 0 saturated heterocycles. The number of rotatable bonds is 3. The van der Waals surface area contributed by atoms with Gasteiger partial charge in [0.15, 0.2) is 0 Å². The van der Waals surface area contributed by atoms with E-state index in [1.54, 1.807) is 12.3 Å². The summed E-state index contributed by atoms with van der Waals surface area (Å²) in [7, 11) is 0. The lowest BCUT2D eigenvalue weighted by Crippen LogP contribution is -2.19. The van der Waals surface area contributed by atoms with Crippen LogP contribution in [0.3, 0.4) is 0 Å². The van der Waals surface area contributed by atoms with E-state index in [1.165, 1.54) is 0 Å². The molecule has 0 fully saturated rings. The highest BCUT2D eigenvalue weighted by atomic mass is 16.3. The van der Waals surface area contributed by atoms with E-state index in [1.807, 2.05) is 13.0 Å². The van der Waals surface area contributed by atoms with Gasteiger partial charge in [0.2, 0.25) is 0 Å². The fourth-order valence-electron chi connectivity index (χ4n) is 0.868. The monoisotopic (exact) mass is 167 g/mol. The largest absolute Gasteiger partial charge is 0.394 e. The number of hydrogen-bond acceptors (Lipinski definition) is 4. The second-order valence-electron chi connectivity index (χ2n) is 2.70. The van der Waals surface area contributed by atoms with Gasteiger partial charge in [0.05, 0.1) is 6.61 Å². The molecule has 0 aromatic carbocycles. The second kappa shape index (κ2) is 3.92. The molecule has 1 aromatic heterocycles. The molecule has 4 heteroatoms. The van der Waals surface area contributed by atoms with Crippen molar-refractivity contribution in [3.63, 3.8) is 0 Å². The molecule has 4 N–H and O–H groups in total. The molecule has 0 amide bonds. The highest BCUT2D eigenvalue weighted by Crippen LogP contribution is 2.09.